The van der Waals surface area contributed by atoms with Gasteiger partial charge < -0.3 is 15.2 Å². The molecule has 136 valence electrons. The molecule has 1 aliphatic heterocycles. The van der Waals surface area contributed by atoms with Crippen molar-refractivity contribution in [3.05, 3.63) is 35.4 Å². The number of piperidine rings is 1. The Morgan fingerprint density at radius 2 is 1.96 bits per heavy atom. The number of nitrogens with one attached hydrogen (secondary N) is 1. The molecule has 0 aromatic heterocycles. The minimum Gasteiger partial charge on any atom is -0.382 e. The lowest BCUT2D eigenvalue weighted by atomic mass is 9.71. The summed E-state index contributed by atoms with van der Waals surface area (Å²) in [5, 5.41) is 14.8. The highest BCUT2D eigenvalue weighted by Gasteiger charge is 2.49. The van der Waals surface area contributed by atoms with Crippen molar-refractivity contribution < 1.29 is 23.0 Å². The highest BCUT2D eigenvalue weighted by atomic mass is 19.4. The van der Waals surface area contributed by atoms with Gasteiger partial charge in [0.1, 0.15) is 5.60 Å². The molecule has 1 aromatic carbocycles. The number of hydrogen-bond acceptors (Lipinski definition) is 3. The molecular weight excluding hydrogens is 319 g/mol. The fourth-order valence-corrected chi connectivity index (χ4v) is 3.74. The number of hydrogen-bond donors (Lipinski definition) is 2. The van der Waals surface area contributed by atoms with Crippen molar-refractivity contribution >= 4 is 0 Å². The summed E-state index contributed by atoms with van der Waals surface area (Å²) in [7, 11) is 1.46. The van der Waals surface area contributed by atoms with E-state index in [2.05, 4.69) is 5.32 Å². The van der Waals surface area contributed by atoms with Gasteiger partial charge in [-0.3, -0.25) is 0 Å². The SMILES string of the molecule is CCC[C@H](OC)[C@@](O)(c1ccccc1C(F)(F)F)[C@@H]1CCCNC1. The van der Waals surface area contributed by atoms with Gasteiger partial charge in [-0.2, -0.15) is 13.2 Å². The monoisotopic (exact) mass is 345 g/mol. The maximum absolute atomic E-state index is 13.5. The second-order valence-electron chi connectivity index (χ2n) is 6.42. The smallest absolute Gasteiger partial charge is 0.382 e. The first-order valence-corrected chi connectivity index (χ1v) is 8.48. The van der Waals surface area contributed by atoms with Gasteiger partial charge in [0, 0.05) is 19.6 Å². The maximum atomic E-state index is 13.5. The second kappa shape index (κ2) is 7.85. The van der Waals surface area contributed by atoms with Gasteiger partial charge in [-0.15, -0.1) is 0 Å². The summed E-state index contributed by atoms with van der Waals surface area (Å²) in [5.41, 5.74) is -2.53. The Morgan fingerprint density at radius 3 is 2.46 bits per heavy atom. The fraction of sp³-hybridized carbons (Fsp3) is 0.667. The van der Waals surface area contributed by atoms with Crippen molar-refractivity contribution in [3.8, 4) is 0 Å². The van der Waals surface area contributed by atoms with Crippen LogP contribution in [0.4, 0.5) is 13.2 Å². The molecule has 0 amide bonds. The standard InChI is InChI=1S/C18H26F3NO2/c1-3-7-16(24-2)17(23,13-8-6-11-22-12-13)14-9-4-5-10-15(14)18(19,20)21/h4-5,9-10,13,16,22-23H,3,6-8,11-12H2,1-2H3/t13-,16+,17+/m1/s1. The van der Waals surface area contributed by atoms with Gasteiger partial charge in [-0.05, 0) is 37.4 Å². The van der Waals surface area contributed by atoms with Crippen LogP contribution in [0.25, 0.3) is 0 Å². The van der Waals surface area contributed by atoms with Crippen LogP contribution >= 0.6 is 0 Å². The minimum absolute atomic E-state index is 0.0773. The van der Waals surface area contributed by atoms with Crippen LogP contribution in [-0.4, -0.2) is 31.4 Å². The maximum Gasteiger partial charge on any atom is 0.416 e. The highest BCUT2D eigenvalue weighted by molar-refractivity contribution is 5.36. The number of benzene rings is 1. The third-order valence-corrected chi connectivity index (χ3v) is 4.91. The van der Waals surface area contributed by atoms with Crippen LogP contribution < -0.4 is 5.32 Å². The van der Waals surface area contributed by atoms with Crippen molar-refractivity contribution in [1.29, 1.82) is 0 Å². The molecule has 1 fully saturated rings. The molecule has 0 bridgehead atoms. The first-order chi connectivity index (χ1) is 11.4. The molecule has 1 saturated heterocycles. The third kappa shape index (κ3) is 3.76. The normalized spacial score (nSPS) is 22.8. The van der Waals surface area contributed by atoms with Crippen LogP contribution in [0.5, 0.6) is 0 Å². The van der Waals surface area contributed by atoms with Gasteiger partial charge in [-0.1, -0.05) is 31.5 Å². The predicted molar refractivity (Wildman–Crippen MR) is 86.6 cm³/mol. The predicted octanol–water partition coefficient (Wildman–Crippen LogP) is 3.71. The van der Waals surface area contributed by atoms with E-state index in [-0.39, 0.29) is 11.5 Å². The minimum atomic E-state index is -4.52. The molecule has 2 rings (SSSR count). The van der Waals surface area contributed by atoms with Crippen LogP contribution in [0.3, 0.4) is 0 Å². The van der Waals surface area contributed by atoms with E-state index in [4.69, 9.17) is 4.74 Å². The summed E-state index contributed by atoms with van der Waals surface area (Å²) in [6, 6.07) is 5.33. The number of ether oxygens (including phenoxy) is 1. The Kier molecular flexibility index (Phi) is 6.28. The zero-order valence-corrected chi connectivity index (χ0v) is 14.2. The van der Waals surface area contributed by atoms with Gasteiger partial charge in [-0.25, -0.2) is 0 Å². The lowest BCUT2D eigenvalue weighted by molar-refractivity contribution is -0.160. The largest absolute Gasteiger partial charge is 0.416 e. The van der Waals surface area contributed by atoms with Crippen molar-refractivity contribution in [3.63, 3.8) is 0 Å². The average Bonchev–Trinajstić information content (AvgIpc) is 2.59. The number of alkyl halides is 3. The van der Waals surface area contributed by atoms with Crippen molar-refractivity contribution in [2.24, 2.45) is 5.92 Å². The number of rotatable bonds is 6. The first kappa shape index (κ1) is 19.2. The number of aliphatic hydroxyl groups is 1. The van der Waals surface area contributed by atoms with Crippen molar-refractivity contribution in [2.45, 2.75) is 50.5 Å². The molecule has 1 aromatic rings. The summed E-state index contributed by atoms with van der Waals surface area (Å²) in [4.78, 5) is 0. The third-order valence-electron chi connectivity index (χ3n) is 4.91. The van der Waals surface area contributed by atoms with E-state index in [0.717, 1.165) is 25.5 Å². The van der Waals surface area contributed by atoms with E-state index in [1.54, 1.807) is 6.07 Å². The van der Waals surface area contributed by atoms with E-state index < -0.39 is 23.4 Å². The van der Waals surface area contributed by atoms with E-state index in [0.29, 0.717) is 19.4 Å². The molecule has 3 atom stereocenters. The quantitative estimate of drug-likeness (QED) is 0.826. The van der Waals surface area contributed by atoms with Crippen LogP contribution in [0, 0.1) is 5.92 Å². The molecule has 0 aliphatic carbocycles. The Bertz CT molecular complexity index is 522. The van der Waals surface area contributed by atoms with Gasteiger partial charge in [0.25, 0.3) is 0 Å². The fourth-order valence-electron chi connectivity index (χ4n) is 3.74. The molecule has 1 heterocycles. The number of methoxy groups -OCH3 is 1. The van der Waals surface area contributed by atoms with Crippen molar-refractivity contribution in [1.82, 2.24) is 5.32 Å². The molecule has 24 heavy (non-hydrogen) atoms. The van der Waals surface area contributed by atoms with Crippen LogP contribution in [0.2, 0.25) is 0 Å². The highest BCUT2D eigenvalue weighted by Crippen LogP contribution is 2.45. The Balaban J connectivity index is 2.58. The molecule has 0 saturated carbocycles. The zero-order chi connectivity index (χ0) is 17.8. The second-order valence-corrected chi connectivity index (χ2v) is 6.42. The molecule has 0 unspecified atom stereocenters. The van der Waals surface area contributed by atoms with Crippen LogP contribution in [0.15, 0.2) is 24.3 Å². The molecule has 2 N–H and O–H groups in total. The van der Waals surface area contributed by atoms with E-state index in [1.807, 2.05) is 6.92 Å². The molecule has 0 spiro atoms. The Hall–Kier alpha value is -1.11. The molecule has 1 aliphatic rings. The summed E-state index contributed by atoms with van der Waals surface area (Å²) in [6.07, 6.45) is -2.50. The Labute approximate surface area is 141 Å². The lowest BCUT2D eigenvalue weighted by Crippen LogP contribution is -2.52. The summed E-state index contributed by atoms with van der Waals surface area (Å²) in [5.74, 6) is -0.328. The molecular formula is C18H26F3NO2. The zero-order valence-electron chi connectivity index (χ0n) is 14.2. The van der Waals surface area contributed by atoms with Gasteiger partial charge in [0.2, 0.25) is 0 Å². The lowest BCUT2D eigenvalue weighted by Gasteiger charge is -2.44. The molecule has 0 radical (unpaired) electrons. The topological polar surface area (TPSA) is 41.5 Å². The van der Waals surface area contributed by atoms with Gasteiger partial charge >= 0.3 is 6.18 Å². The number of halogens is 3. The average molecular weight is 345 g/mol. The van der Waals surface area contributed by atoms with Crippen LogP contribution in [0.1, 0.15) is 43.7 Å². The van der Waals surface area contributed by atoms with Crippen LogP contribution in [-0.2, 0) is 16.5 Å². The van der Waals surface area contributed by atoms with Gasteiger partial charge in [0.15, 0.2) is 0 Å². The summed E-state index contributed by atoms with van der Waals surface area (Å²) < 4.78 is 46.1. The molecule has 3 nitrogen and oxygen atoms in total. The Morgan fingerprint density at radius 1 is 1.29 bits per heavy atom. The van der Waals surface area contributed by atoms with E-state index in [9.17, 15) is 18.3 Å². The van der Waals surface area contributed by atoms with E-state index >= 15 is 0 Å². The molecule has 6 heteroatoms. The van der Waals surface area contributed by atoms with Crippen molar-refractivity contribution in [2.75, 3.05) is 20.2 Å². The van der Waals surface area contributed by atoms with E-state index in [1.165, 1.54) is 19.2 Å². The first-order valence-electron chi connectivity index (χ1n) is 8.48. The summed E-state index contributed by atoms with van der Waals surface area (Å²) >= 11 is 0. The summed E-state index contributed by atoms with van der Waals surface area (Å²) in [6.45, 7) is 3.23. The van der Waals surface area contributed by atoms with Gasteiger partial charge in [0.05, 0.1) is 11.7 Å².